The minimum absolute atomic E-state index is 0.0806. The number of unbranched alkanes of at least 4 members (excludes halogenated alkanes) is 4. The molecule has 1 aliphatic carbocycles. The number of rotatable bonds is 12. The summed E-state index contributed by atoms with van der Waals surface area (Å²) in [4.78, 5) is 29.0. The number of aryl methyl sites for hydroxylation is 3. The number of carbonyl (C=O) groups is 2. The van der Waals surface area contributed by atoms with Crippen LogP contribution in [0.5, 0.6) is 0 Å². The van der Waals surface area contributed by atoms with Crippen molar-refractivity contribution in [2.45, 2.75) is 77.0 Å². The average molecular weight is 476 g/mol. The van der Waals surface area contributed by atoms with E-state index in [0.717, 1.165) is 51.4 Å². The van der Waals surface area contributed by atoms with E-state index in [9.17, 15) is 14.7 Å². The van der Waals surface area contributed by atoms with Gasteiger partial charge in [-0.25, -0.2) is 0 Å². The van der Waals surface area contributed by atoms with Gasteiger partial charge in [0.25, 0.3) is 0 Å². The van der Waals surface area contributed by atoms with E-state index in [1.54, 1.807) is 18.2 Å². The van der Waals surface area contributed by atoms with E-state index < -0.39 is 11.9 Å². The minimum atomic E-state index is -0.944. The van der Waals surface area contributed by atoms with Crippen LogP contribution in [-0.4, -0.2) is 21.8 Å². The first-order valence-electron chi connectivity index (χ1n) is 11.6. The first kappa shape index (κ1) is 24.7. The molecule has 0 saturated carbocycles. The van der Waals surface area contributed by atoms with Crippen LogP contribution in [0.3, 0.4) is 0 Å². The number of aromatic nitrogens is 1. The molecule has 1 N–H and O–H groups in total. The summed E-state index contributed by atoms with van der Waals surface area (Å²) in [6.07, 6.45) is 11.2. The lowest BCUT2D eigenvalue weighted by Gasteiger charge is -2.15. The third-order valence-corrected chi connectivity index (χ3v) is 6.87. The molecular weight excluding hydrogens is 445 g/mol. The molecule has 0 saturated heterocycles. The number of fused-ring (bicyclic) bond motifs is 1. The average Bonchev–Trinajstić information content (AvgIpc) is 2.77. The lowest BCUT2D eigenvalue weighted by atomic mass is 9.93. The fourth-order valence-electron chi connectivity index (χ4n) is 4.40. The van der Waals surface area contributed by atoms with Crippen LogP contribution in [0.15, 0.2) is 30.3 Å². The van der Waals surface area contributed by atoms with E-state index in [0.29, 0.717) is 6.42 Å². The second kappa shape index (κ2) is 12.4. The Kier molecular flexibility index (Phi) is 9.55. The van der Waals surface area contributed by atoms with Crippen LogP contribution in [0, 0.1) is 5.92 Å². The number of carboxylic acids is 1. The van der Waals surface area contributed by atoms with Crippen molar-refractivity contribution in [1.82, 2.24) is 4.98 Å². The Balaban J connectivity index is 1.36. The van der Waals surface area contributed by atoms with Gasteiger partial charge in [-0.2, -0.15) is 0 Å². The lowest BCUT2D eigenvalue weighted by Crippen LogP contribution is -2.18. The zero-order valence-electron chi connectivity index (χ0n) is 18.4. The van der Waals surface area contributed by atoms with E-state index >= 15 is 0 Å². The van der Waals surface area contributed by atoms with Crippen molar-refractivity contribution in [1.29, 1.82) is 0 Å². The smallest absolute Gasteiger partial charge is 0.306 e. The molecule has 0 aliphatic heterocycles. The molecule has 6 heteroatoms. The Bertz CT molecular complexity index is 924. The van der Waals surface area contributed by atoms with Crippen molar-refractivity contribution in [2.24, 2.45) is 5.92 Å². The van der Waals surface area contributed by atoms with Crippen LogP contribution in [-0.2, 0) is 24.1 Å². The zero-order valence-corrected chi connectivity index (χ0v) is 19.9. The number of ketones is 1. The van der Waals surface area contributed by atoms with Crippen molar-refractivity contribution < 1.29 is 14.7 Å². The van der Waals surface area contributed by atoms with E-state index in [4.69, 9.17) is 28.2 Å². The highest BCUT2D eigenvalue weighted by molar-refractivity contribution is 6.39. The second-order valence-electron chi connectivity index (χ2n) is 8.68. The number of pyridine rings is 1. The highest BCUT2D eigenvalue weighted by atomic mass is 35.5. The van der Waals surface area contributed by atoms with Crippen LogP contribution in [0.1, 0.15) is 85.1 Å². The Morgan fingerprint density at radius 1 is 0.938 bits per heavy atom. The summed E-state index contributed by atoms with van der Waals surface area (Å²) in [6.45, 7) is 0. The molecule has 0 amide bonds. The molecule has 32 heavy (non-hydrogen) atoms. The summed E-state index contributed by atoms with van der Waals surface area (Å²) in [5, 5.41) is 10.1. The number of carboxylic acid groups (broad SMARTS) is 1. The highest BCUT2D eigenvalue weighted by Gasteiger charge is 2.24. The summed E-state index contributed by atoms with van der Waals surface area (Å²) in [5.41, 5.74) is 4.12. The number of carbonyl (C=O) groups excluding carboxylic acids is 1. The van der Waals surface area contributed by atoms with Crippen molar-refractivity contribution in [3.63, 3.8) is 0 Å². The van der Waals surface area contributed by atoms with Crippen LogP contribution in [0.4, 0.5) is 0 Å². The van der Waals surface area contributed by atoms with Gasteiger partial charge in [0.05, 0.1) is 21.5 Å². The number of hydrogen-bond donors (Lipinski definition) is 1. The van der Waals surface area contributed by atoms with Gasteiger partial charge in [0, 0.05) is 17.8 Å². The van der Waals surface area contributed by atoms with Gasteiger partial charge in [-0.3, -0.25) is 14.6 Å². The van der Waals surface area contributed by atoms with Crippen LogP contribution >= 0.6 is 23.2 Å². The van der Waals surface area contributed by atoms with E-state index in [1.165, 1.54) is 29.8 Å². The van der Waals surface area contributed by atoms with Gasteiger partial charge in [0.1, 0.15) is 0 Å². The number of aliphatic carboxylic acids is 1. The van der Waals surface area contributed by atoms with Crippen molar-refractivity contribution in [3.8, 4) is 0 Å². The first-order valence-corrected chi connectivity index (χ1v) is 12.4. The van der Waals surface area contributed by atoms with Crippen LogP contribution < -0.4 is 0 Å². The maximum Gasteiger partial charge on any atom is 0.306 e. The molecule has 1 aromatic carbocycles. The number of hydrogen-bond acceptors (Lipinski definition) is 3. The third-order valence-electron chi connectivity index (χ3n) is 6.24. The van der Waals surface area contributed by atoms with Crippen molar-refractivity contribution >= 4 is 35.0 Å². The Morgan fingerprint density at radius 3 is 2.38 bits per heavy atom. The number of nitrogens with zero attached hydrogens (tertiary/aromatic N) is 1. The SMILES string of the molecule is O=C(CC(CCCCCCCc1ccc2c(n1)CCCC2)C(=O)O)c1c(Cl)cccc1Cl. The summed E-state index contributed by atoms with van der Waals surface area (Å²) in [6, 6.07) is 9.27. The standard InChI is InChI=1S/C26H31Cl2NO3/c27-21-12-8-13-22(28)25(21)24(30)17-19(26(31)32)10-4-2-1-3-5-11-20-16-15-18-9-6-7-14-23(18)29-20/h8,12-13,15-16,19H,1-7,9-11,14,17H2,(H,31,32). The predicted molar refractivity (Wildman–Crippen MR) is 129 cm³/mol. The quantitative estimate of drug-likeness (QED) is 0.262. The predicted octanol–water partition coefficient (Wildman–Crippen LogP) is 7.12. The Labute approximate surface area is 200 Å². The molecule has 0 radical (unpaired) electrons. The van der Waals surface area contributed by atoms with Crippen LogP contribution in [0.2, 0.25) is 10.0 Å². The van der Waals surface area contributed by atoms with Gasteiger partial charge in [-0.1, -0.05) is 61.0 Å². The fourth-order valence-corrected chi connectivity index (χ4v) is 5.00. The van der Waals surface area contributed by atoms with E-state index in [1.807, 2.05) is 0 Å². The van der Waals surface area contributed by atoms with Gasteiger partial charge in [0.2, 0.25) is 0 Å². The molecule has 1 unspecified atom stereocenters. The number of benzene rings is 1. The molecule has 1 atom stereocenters. The van der Waals surface area contributed by atoms with Gasteiger partial charge in [-0.05, 0) is 68.7 Å². The van der Waals surface area contributed by atoms with Crippen molar-refractivity contribution in [2.75, 3.05) is 0 Å². The molecule has 3 rings (SSSR count). The second-order valence-corrected chi connectivity index (χ2v) is 9.50. The molecule has 4 nitrogen and oxygen atoms in total. The maximum absolute atomic E-state index is 12.6. The molecule has 1 aromatic heterocycles. The molecule has 172 valence electrons. The molecule has 0 spiro atoms. The fraction of sp³-hybridized carbons (Fsp3) is 0.500. The molecule has 0 fully saturated rings. The monoisotopic (exact) mass is 475 g/mol. The maximum atomic E-state index is 12.6. The number of halogens is 2. The lowest BCUT2D eigenvalue weighted by molar-refractivity contribution is -0.141. The van der Waals surface area contributed by atoms with Gasteiger partial charge in [0.15, 0.2) is 5.78 Å². The molecule has 1 aliphatic rings. The van der Waals surface area contributed by atoms with Crippen LogP contribution in [0.25, 0.3) is 0 Å². The minimum Gasteiger partial charge on any atom is -0.481 e. The number of Topliss-reactive ketones (excluding diaryl/α,β-unsaturated/α-hetero) is 1. The highest BCUT2D eigenvalue weighted by Crippen LogP contribution is 2.28. The van der Waals surface area contributed by atoms with Gasteiger partial charge >= 0.3 is 5.97 Å². The molecule has 1 heterocycles. The van der Waals surface area contributed by atoms with E-state index in [2.05, 4.69) is 12.1 Å². The zero-order chi connectivity index (χ0) is 22.9. The molecule has 2 aromatic rings. The summed E-state index contributed by atoms with van der Waals surface area (Å²) in [5.74, 6) is -1.97. The molecule has 0 bridgehead atoms. The Hall–Kier alpha value is -1.91. The van der Waals surface area contributed by atoms with Gasteiger partial charge < -0.3 is 5.11 Å². The topological polar surface area (TPSA) is 67.3 Å². The summed E-state index contributed by atoms with van der Waals surface area (Å²) < 4.78 is 0. The summed E-state index contributed by atoms with van der Waals surface area (Å²) in [7, 11) is 0. The Morgan fingerprint density at radius 2 is 1.62 bits per heavy atom. The third kappa shape index (κ3) is 7.05. The normalized spacial score (nSPS) is 14.1. The summed E-state index contributed by atoms with van der Waals surface area (Å²) >= 11 is 12.2. The van der Waals surface area contributed by atoms with Crippen molar-refractivity contribution in [3.05, 3.63) is 62.9 Å². The molecular formula is C26H31Cl2NO3. The largest absolute Gasteiger partial charge is 0.481 e. The van der Waals surface area contributed by atoms with Gasteiger partial charge in [-0.15, -0.1) is 0 Å². The first-order chi connectivity index (χ1) is 15.5. The van der Waals surface area contributed by atoms with E-state index in [-0.39, 0.29) is 27.8 Å².